The Morgan fingerprint density at radius 3 is 2.33 bits per heavy atom. The number of hydrogen-bond acceptors (Lipinski definition) is 3. The summed E-state index contributed by atoms with van der Waals surface area (Å²) in [7, 11) is 5.22. The number of amides is 1. The molecule has 0 unspecified atom stereocenters. The Kier molecular flexibility index (Phi) is 10.1. The van der Waals surface area contributed by atoms with E-state index in [0.29, 0.717) is 17.3 Å². The zero-order chi connectivity index (χ0) is 18.9. The smallest absolute Gasteiger partial charge is 0.253 e. The monoisotopic (exact) mass is 501 g/mol. The van der Waals surface area contributed by atoms with E-state index in [9.17, 15) is 4.79 Å². The van der Waals surface area contributed by atoms with Gasteiger partial charge in [-0.15, -0.1) is 24.0 Å². The van der Waals surface area contributed by atoms with Gasteiger partial charge in [0.05, 0.1) is 0 Å². The summed E-state index contributed by atoms with van der Waals surface area (Å²) in [5.74, 6) is 0.721. The molecule has 0 aliphatic rings. The van der Waals surface area contributed by atoms with E-state index in [1.165, 1.54) is 0 Å². The van der Waals surface area contributed by atoms with Crippen LogP contribution < -0.4 is 10.6 Å². The fourth-order valence-electron chi connectivity index (χ4n) is 2.31. The normalized spacial score (nSPS) is 10.7. The summed E-state index contributed by atoms with van der Waals surface area (Å²) in [4.78, 5) is 21.7. The van der Waals surface area contributed by atoms with E-state index in [4.69, 9.17) is 11.6 Å². The van der Waals surface area contributed by atoms with Crippen LogP contribution in [0, 0.1) is 0 Å². The molecule has 2 aromatic rings. The highest BCUT2D eigenvalue weighted by molar-refractivity contribution is 14.0. The van der Waals surface area contributed by atoms with Crippen LogP contribution in [0.4, 0.5) is 0 Å². The van der Waals surface area contributed by atoms with Crippen molar-refractivity contribution in [2.45, 2.75) is 13.0 Å². The molecule has 0 bridgehead atoms. The zero-order valence-corrected chi connectivity index (χ0v) is 18.8. The lowest BCUT2D eigenvalue weighted by Crippen LogP contribution is -2.37. The molecule has 0 saturated carbocycles. The van der Waals surface area contributed by atoms with E-state index >= 15 is 0 Å². The minimum absolute atomic E-state index is 0. The Labute approximate surface area is 182 Å². The molecule has 0 atom stereocenters. The zero-order valence-electron chi connectivity index (χ0n) is 15.7. The quantitative estimate of drug-likeness (QED) is 0.276. The lowest BCUT2D eigenvalue weighted by atomic mass is 10.1. The molecule has 1 heterocycles. The molecule has 27 heavy (non-hydrogen) atoms. The lowest BCUT2D eigenvalue weighted by Gasteiger charge is -2.13. The van der Waals surface area contributed by atoms with Gasteiger partial charge in [0.1, 0.15) is 5.15 Å². The van der Waals surface area contributed by atoms with E-state index in [1.54, 1.807) is 38.3 Å². The van der Waals surface area contributed by atoms with Crippen LogP contribution in [0.3, 0.4) is 0 Å². The first kappa shape index (κ1) is 23.2. The van der Waals surface area contributed by atoms with E-state index in [-0.39, 0.29) is 29.9 Å². The number of carbonyl (C=O) groups excluding carboxylic acids is 1. The number of nitrogens with zero attached hydrogens (tertiary/aromatic N) is 3. The van der Waals surface area contributed by atoms with Crippen molar-refractivity contribution in [1.29, 1.82) is 0 Å². The fourth-order valence-corrected chi connectivity index (χ4v) is 2.42. The van der Waals surface area contributed by atoms with Gasteiger partial charge in [-0.1, -0.05) is 29.8 Å². The number of aromatic nitrogens is 1. The molecule has 6 nitrogen and oxygen atoms in total. The average molecular weight is 502 g/mol. The summed E-state index contributed by atoms with van der Waals surface area (Å²) in [5.41, 5.74) is 2.86. The minimum atomic E-state index is -0.00123. The average Bonchev–Trinajstić information content (AvgIpc) is 2.65. The van der Waals surface area contributed by atoms with Crippen molar-refractivity contribution in [3.05, 3.63) is 64.4 Å². The Hall–Kier alpha value is -1.87. The van der Waals surface area contributed by atoms with E-state index < -0.39 is 0 Å². The molecule has 1 amide bonds. The molecule has 0 aliphatic carbocycles. The molecule has 2 rings (SSSR count). The first-order valence-electron chi connectivity index (χ1n) is 8.35. The number of aliphatic imine (C=N–C) groups is 1. The highest BCUT2D eigenvalue weighted by atomic mass is 127. The second kappa shape index (κ2) is 11.8. The van der Waals surface area contributed by atoms with Crippen molar-refractivity contribution < 1.29 is 4.79 Å². The first-order chi connectivity index (χ1) is 12.5. The standard InChI is InChI=1S/C19H24ClN5O.HI/c1-21-19(22-11-10-15-6-9-17(20)23-12-15)24-13-14-4-7-16(8-5-14)18(26)25(2)3;/h4-9,12H,10-11,13H2,1-3H3,(H2,21,22,24);1H. The summed E-state index contributed by atoms with van der Waals surface area (Å²) in [5, 5.41) is 7.02. The Balaban J connectivity index is 0.00000364. The maximum Gasteiger partial charge on any atom is 0.253 e. The molecule has 1 aromatic carbocycles. The number of rotatable bonds is 6. The second-order valence-corrected chi connectivity index (χ2v) is 6.38. The molecule has 0 saturated heterocycles. The largest absolute Gasteiger partial charge is 0.356 e. The van der Waals surface area contributed by atoms with Crippen molar-refractivity contribution in [3.8, 4) is 0 Å². The number of nitrogens with one attached hydrogen (secondary N) is 2. The van der Waals surface area contributed by atoms with Crippen LogP contribution in [0.25, 0.3) is 0 Å². The fraction of sp³-hybridized carbons (Fsp3) is 0.316. The minimum Gasteiger partial charge on any atom is -0.356 e. The Bertz CT molecular complexity index is 748. The van der Waals surface area contributed by atoms with Gasteiger partial charge >= 0.3 is 0 Å². The van der Waals surface area contributed by atoms with E-state index in [1.807, 2.05) is 30.3 Å². The van der Waals surface area contributed by atoms with Crippen molar-refractivity contribution >= 4 is 47.4 Å². The SMILES string of the molecule is CN=C(NCCc1ccc(Cl)nc1)NCc1ccc(C(=O)N(C)C)cc1.I. The van der Waals surface area contributed by atoms with Gasteiger partial charge in [-0.3, -0.25) is 9.79 Å². The van der Waals surface area contributed by atoms with Gasteiger partial charge in [-0.25, -0.2) is 4.98 Å². The third-order valence-electron chi connectivity index (χ3n) is 3.79. The summed E-state index contributed by atoms with van der Waals surface area (Å²) in [6, 6.07) is 11.3. The number of benzene rings is 1. The van der Waals surface area contributed by atoms with Crippen LogP contribution in [-0.4, -0.2) is 49.4 Å². The molecule has 8 heteroatoms. The van der Waals surface area contributed by atoms with Gasteiger partial charge in [0, 0.05) is 46.0 Å². The molecular formula is C19H25ClIN5O. The molecule has 2 N–H and O–H groups in total. The summed E-state index contributed by atoms with van der Waals surface area (Å²) >= 11 is 5.78. The lowest BCUT2D eigenvalue weighted by molar-refractivity contribution is 0.0827. The number of guanidine groups is 1. The number of hydrogen-bond donors (Lipinski definition) is 2. The van der Waals surface area contributed by atoms with Crippen molar-refractivity contribution in [3.63, 3.8) is 0 Å². The Morgan fingerprint density at radius 1 is 1.11 bits per heavy atom. The van der Waals surface area contributed by atoms with Gasteiger partial charge in [-0.05, 0) is 35.7 Å². The van der Waals surface area contributed by atoms with Gasteiger partial charge in [0.15, 0.2) is 5.96 Å². The molecule has 0 aliphatic heterocycles. The van der Waals surface area contributed by atoms with Gasteiger partial charge in [-0.2, -0.15) is 0 Å². The Morgan fingerprint density at radius 2 is 1.78 bits per heavy atom. The first-order valence-corrected chi connectivity index (χ1v) is 8.73. The van der Waals surface area contributed by atoms with Crippen LogP contribution in [0.5, 0.6) is 0 Å². The predicted molar refractivity (Wildman–Crippen MR) is 121 cm³/mol. The molecular weight excluding hydrogens is 477 g/mol. The second-order valence-electron chi connectivity index (χ2n) is 5.99. The molecule has 146 valence electrons. The molecule has 0 spiro atoms. The van der Waals surface area contributed by atoms with E-state index in [0.717, 1.165) is 30.1 Å². The summed E-state index contributed by atoms with van der Waals surface area (Å²) < 4.78 is 0. The highest BCUT2D eigenvalue weighted by Gasteiger charge is 2.07. The van der Waals surface area contributed by atoms with Crippen LogP contribution in [0.2, 0.25) is 5.15 Å². The number of halogens is 2. The van der Waals surface area contributed by atoms with Gasteiger partial charge in [0.2, 0.25) is 0 Å². The molecule has 0 radical (unpaired) electrons. The van der Waals surface area contributed by atoms with Gasteiger partial charge in [0.25, 0.3) is 5.91 Å². The topological polar surface area (TPSA) is 69.6 Å². The van der Waals surface area contributed by atoms with Crippen LogP contribution in [0.15, 0.2) is 47.6 Å². The molecule has 1 aromatic heterocycles. The van der Waals surface area contributed by atoms with Crippen molar-refractivity contribution in [2.75, 3.05) is 27.7 Å². The van der Waals surface area contributed by atoms with Crippen LogP contribution in [0.1, 0.15) is 21.5 Å². The summed E-state index contributed by atoms with van der Waals surface area (Å²) in [6.07, 6.45) is 2.60. The highest BCUT2D eigenvalue weighted by Crippen LogP contribution is 2.07. The van der Waals surface area contributed by atoms with E-state index in [2.05, 4.69) is 20.6 Å². The molecule has 0 fully saturated rings. The van der Waals surface area contributed by atoms with Crippen molar-refractivity contribution in [1.82, 2.24) is 20.5 Å². The van der Waals surface area contributed by atoms with Crippen LogP contribution in [-0.2, 0) is 13.0 Å². The predicted octanol–water partition coefficient (Wildman–Crippen LogP) is 2.96. The maximum absolute atomic E-state index is 11.9. The maximum atomic E-state index is 11.9. The van der Waals surface area contributed by atoms with Crippen LogP contribution >= 0.6 is 35.6 Å². The van der Waals surface area contributed by atoms with Gasteiger partial charge < -0.3 is 15.5 Å². The number of pyridine rings is 1. The van der Waals surface area contributed by atoms with Crippen molar-refractivity contribution in [2.24, 2.45) is 4.99 Å². The third-order valence-corrected chi connectivity index (χ3v) is 4.01. The number of carbonyl (C=O) groups is 1. The summed E-state index contributed by atoms with van der Waals surface area (Å²) in [6.45, 7) is 1.36. The third kappa shape index (κ3) is 7.72.